The minimum atomic E-state index is -0.875. The van der Waals surface area contributed by atoms with Crippen molar-refractivity contribution < 1.29 is 52.2 Å². The fraction of sp³-hybridized carbons (Fsp3) is 0.342. The number of hydrogen-bond donors (Lipinski definition) is 0. The summed E-state index contributed by atoms with van der Waals surface area (Å²) in [6, 6.07) is 20.8. The van der Waals surface area contributed by atoms with Crippen molar-refractivity contribution in [2.24, 2.45) is 0 Å². The van der Waals surface area contributed by atoms with Gasteiger partial charge in [0.1, 0.15) is 23.7 Å². The first-order valence-electron chi connectivity index (χ1n) is 15.8. The van der Waals surface area contributed by atoms with Crippen molar-refractivity contribution in [3.05, 3.63) is 94.5 Å². The largest absolute Gasteiger partial charge is 0.497 e. The smallest absolute Gasteiger partial charge is 0.303 e. The Morgan fingerprint density at radius 3 is 1.71 bits per heavy atom. The van der Waals surface area contributed by atoms with Gasteiger partial charge in [-0.05, 0) is 53.1 Å². The zero-order chi connectivity index (χ0) is 34.4. The molecule has 49 heavy (non-hydrogen) atoms. The zero-order valence-corrected chi connectivity index (χ0v) is 28.3. The molecule has 11 heteroatoms. The van der Waals surface area contributed by atoms with Crippen molar-refractivity contribution >= 4 is 5.97 Å². The summed E-state index contributed by atoms with van der Waals surface area (Å²) < 4.78 is 61.2. The van der Waals surface area contributed by atoms with Crippen LogP contribution in [0.5, 0.6) is 46.0 Å². The lowest BCUT2D eigenvalue weighted by atomic mass is 9.73. The number of fused-ring (bicyclic) bond motifs is 4. The van der Waals surface area contributed by atoms with Crippen molar-refractivity contribution in [3.63, 3.8) is 0 Å². The van der Waals surface area contributed by atoms with Gasteiger partial charge in [-0.2, -0.15) is 0 Å². The summed E-state index contributed by atoms with van der Waals surface area (Å²) in [7, 11) is 9.54. The van der Waals surface area contributed by atoms with Gasteiger partial charge in [-0.25, -0.2) is 0 Å². The molecule has 0 aromatic heterocycles. The molecule has 256 valence electrons. The number of hydrogen-bond acceptors (Lipinski definition) is 11. The highest BCUT2D eigenvalue weighted by Gasteiger charge is 2.55. The average molecular weight is 671 g/mol. The van der Waals surface area contributed by atoms with Crippen molar-refractivity contribution in [1.82, 2.24) is 0 Å². The van der Waals surface area contributed by atoms with Crippen LogP contribution in [-0.4, -0.2) is 60.8 Å². The van der Waals surface area contributed by atoms with Gasteiger partial charge in [0.2, 0.25) is 11.5 Å². The summed E-state index contributed by atoms with van der Waals surface area (Å²) >= 11 is 0. The number of carbonyl (C=O) groups excluding carboxylic acids is 1. The number of rotatable bonds is 9. The molecule has 4 aromatic rings. The van der Waals surface area contributed by atoms with E-state index in [0.29, 0.717) is 51.6 Å². The number of methoxy groups -OCH3 is 6. The van der Waals surface area contributed by atoms with Crippen LogP contribution in [0.15, 0.2) is 66.7 Å². The van der Waals surface area contributed by atoms with Crippen LogP contribution in [0.1, 0.15) is 59.0 Å². The van der Waals surface area contributed by atoms with E-state index in [-0.39, 0.29) is 0 Å². The molecule has 7 rings (SSSR count). The molecule has 11 nitrogen and oxygen atoms in total. The van der Waals surface area contributed by atoms with Gasteiger partial charge in [-0.1, -0.05) is 30.3 Å². The van der Waals surface area contributed by atoms with Crippen LogP contribution in [0.3, 0.4) is 0 Å². The lowest BCUT2D eigenvalue weighted by Gasteiger charge is -2.50. The number of benzene rings is 4. The van der Waals surface area contributed by atoms with Crippen LogP contribution in [-0.2, 0) is 14.3 Å². The Balaban J connectivity index is 1.49. The number of esters is 1. The molecular weight excluding hydrogens is 632 g/mol. The predicted octanol–water partition coefficient (Wildman–Crippen LogP) is 6.51. The van der Waals surface area contributed by atoms with Crippen molar-refractivity contribution in [1.29, 1.82) is 0 Å². The molecular formula is C38H38O11. The van der Waals surface area contributed by atoms with Crippen LogP contribution in [0.25, 0.3) is 0 Å². The van der Waals surface area contributed by atoms with E-state index in [1.165, 1.54) is 6.92 Å². The summed E-state index contributed by atoms with van der Waals surface area (Å²) in [5.74, 6) is 3.34. The van der Waals surface area contributed by atoms with E-state index in [0.717, 1.165) is 22.3 Å². The summed E-state index contributed by atoms with van der Waals surface area (Å²) in [4.78, 5) is 12.8. The maximum Gasteiger partial charge on any atom is 0.303 e. The van der Waals surface area contributed by atoms with Crippen molar-refractivity contribution in [3.8, 4) is 46.0 Å². The fourth-order valence-electron chi connectivity index (χ4n) is 7.23. The third-order valence-corrected chi connectivity index (χ3v) is 9.39. The molecule has 6 atom stereocenters. The maximum atomic E-state index is 12.8. The van der Waals surface area contributed by atoms with Crippen LogP contribution in [0, 0.1) is 0 Å². The molecule has 4 aromatic carbocycles. The molecule has 0 fully saturated rings. The highest BCUT2D eigenvalue weighted by molar-refractivity contribution is 5.69. The third-order valence-electron chi connectivity index (χ3n) is 9.39. The number of ether oxygens (including phenoxy) is 10. The monoisotopic (exact) mass is 670 g/mol. The van der Waals surface area contributed by atoms with E-state index in [1.807, 2.05) is 66.7 Å². The molecule has 0 saturated carbocycles. The molecule has 0 saturated heterocycles. The van der Waals surface area contributed by atoms with Crippen LogP contribution in [0.2, 0.25) is 0 Å². The second kappa shape index (κ2) is 13.0. The normalized spacial score (nSPS) is 22.9. The second-order valence-corrected chi connectivity index (χ2v) is 11.9. The van der Waals surface area contributed by atoms with E-state index in [4.69, 9.17) is 47.4 Å². The van der Waals surface area contributed by atoms with E-state index >= 15 is 0 Å². The molecule has 6 unspecified atom stereocenters. The molecule has 0 aliphatic carbocycles. The first-order chi connectivity index (χ1) is 23.8. The van der Waals surface area contributed by atoms with Gasteiger partial charge in [0.25, 0.3) is 0 Å². The third kappa shape index (κ3) is 5.29. The van der Waals surface area contributed by atoms with E-state index in [2.05, 4.69) is 0 Å². The summed E-state index contributed by atoms with van der Waals surface area (Å²) in [5.41, 5.74) is 3.98. The minimum absolute atomic E-state index is 0.402. The fourth-order valence-corrected chi connectivity index (χ4v) is 7.23. The average Bonchev–Trinajstić information content (AvgIpc) is 3.14. The van der Waals surface area contributed by atoms with Gasteiger partial charge in [-0.15, -0.1) is 0 Å². The highest BCUT2D eigenvalue weighted by Crippen LogP contribution is 2.63. The van der Waals surface area contributed by atoms with E-state index in [9.17, 15) is 4.79 Å². The Morgan fingerprint density at radius 1 is 0.592 bits per heavy atom. The molecule has 0 spiro atoms. The summed E-state index contributed by atoms with van der Waals surface area (Å²) in [6.45, 7) is 1.38. The predicted molar refractivity (Wildman–Crippen MR) is 177 cm³/mol. The Bertz CT molecular complexity index is 1850. The van der Waals surface area contributed by atoms with Crippen LogP contribution >= 0.6 is 0 Å². The van der Waals surface area contributed by atoms with Crippen LogP contribution < -0.4 is 37.9 Å². The Kier molecular flexibility index (Phi) is 8.54. The molecule has 0 amide bonds. The molecule has 0 N–H and O–H groups in total. The Morgan fingerprint density at radius 2 is 1.16 bits per heavy atom. The van der Waals surface area contributed by atoms with Gasteiger partial charge in [-0.3, -0.25) is 4.79 Å². The molecule has 3 heterocycles. The first kappa shape index (κ1) is 32.3. The maximum absolute atomic E-state index is 12.8. The molecule has 3 aliphatic heterocycles. The second-order valence-electron chi connectivity index (χ2n) is 11.9. The molecule has 0 bridgehead atoms. The molecule has 3 aliphatic rings. The van der Waals surface area contributed by atoms with Gasteiger partial charge < -0.3 is 47.4 Å². The zero-order valence-electron chi connectivity index (χ0n) is 28.3. The van der Waals surface area contributed by atoms with Crippen LogP contribution in [0.4, 0.5) is 0 Å². The quantitative estimate of drug-likeness (QED) is 0.182. The highest BCUT2D eigenvalue weighted by atomic mass is 16.6. The summed E-state index contributed by atoms with van der Waals surface area (Å²) in [6.07, 6.45) is -3.65. The summed E-state index contributed by atoms with van der Waals surface area (Å²) in [5, 5.41) is 0. The standard InChI is InChI=1S/C38H38O11/c1-19(39)46-38-31(21-10-14-23(41-3)15-11-21)48-36-29-25(18-27(43-5)34(36)45-7)28-24-16-17-26(42-4)33(44-6)32(24)47-30(35(28)49-37(29)38)20-8-12-22(40-2)13-9-20/h8-18,28,30-31,35,37-38H,1-7H3. The number of carbonyl (C=O) groups is 1. The molecule has 0 radical (unpaired) electrons. The van der Waals surface area contributed by atoms with Crippen molar-refractivity contribution in [2.75, 3.05) is 42.7 Å². The van der Waals surface area contributed by atoms with E-state index in [1.54, 1.807) is 42.7 Å². The lowest BCUT2D eigenvalue weighted by molar-refractivity contribution is -0.191. The minimum Gasteiger partial charge on any atom is -0.497 e. The van der Waals surface area contributed by atoms with Gasteiger partial charge >= 0.3 is 5.97 Å². The van der Waals surface area contributed by atoms with Gasteiger partial charge in [0, 0.05) is 24.0 Å². The first-order valence-corrected chi connectivity index (χ1v) is 15.8. The topological polar surface area (TPSA) is 109 Å². The van der Waals surface area contributed by atoms with E-state index < -0.39 is 42.4 Å². The van der Waals surface area contributed by atoms with Gasteiger partial charge in [0.05, 0.1) is 42.7 Å². The Labute approximate surface area is 284 Å². The van der Waals surface area contributed by atoms with Gasteiger partial charge in [0.15, 0.2) is 41.3 Å². The lowest BCUT2D eigenvalue weighted by Crippen LogP contribution is -2.48. The SMILES string of the molecule is COc1ccc(C2Oc3c(OC)c(OC)cc4c3C(OC3C(c5ccc(OC)cc5)Oc5c(ccc(OC)c5OC)C43)C2OC(C)=O)cc1. The van der Waals surface area contributed by atoms with Crippen molar-refractivity contribution in [2.45, 2.75) is 43.4 Å². The Hall–Kier alpha value is -5.29.